The molecule has 0 radical (unpaired) electrons. The highest BCUT2D eigenvalue weighted by Crippen LogP contribution is 2.50. The van der Waals surface area contributed by atoms with E-state index in [1.807, 2.05) is 0 Å². The number of anilines is 3. The molecular weight excluding hydrogens is 689 g/mol. The summed E-state index contributed by atoms with van der Waals surface area (Å²) in [6, 6.07) is 69.1. The standard InChI is InChI=1S/C55H46N2/c1-54(2,3)41-26-32-47-46-31-24-40(35-50(46)55(4,5)51(47)36-41)38-22-29-45(30-23-38)57-52-19-13-12-18-48(52)49-34-39(25-33-53(49)57)37-20-27-44(28-21-37)56(42-14-8-6-9-15-42)43-16-10-7-11-17-43/h6-36H,1-5H3. The molecule has 1 aliphatic rings. The van der Waals surface area contributed by atoms with Gasteiger partial charge in [-0.15, -0.1) is 0 Å². The average Bonchev–Trinajstić information content (AvgIpc) is 3.69. The molecule has 0 spiro atoms. The molecule has 2 nitrogen and oxygen atoms in total. The zero-order chi connectivity index (χ0) is 38.9. The molecule has 0 bridgehead atoms. The summed E-state index contributed by atoms with van der Waals surface area (Å²) < 4.78 is 2.41. The van der Waals surface area contributed by atoms with E-state index in [2.05, 4.69) is 232 Å². The van der Waals surface area contributed by atoms with E-state index in [4.69, 9.17) is 0 Å². The Bertz CT molecular complexity index is 2890. The van der Waals surface area contributed by atoms with Crippen molar-refractivity contribution in [3.05, 3.63) is 205 Å². The van der Waals surface area contributed by atoms with E-state index >= 15 is 0 Å². The molecule has 0 saturated carbocycles. The maximum atomic E-state index is 2.45. The van der Waals surface area contributed by atoms with Gasteiger partial charge in [0.2, 0.25) is 0 Å². The molecule has 1 aliphatic carbocycles. The van der Waals surface area contributed by atoms with Crippen molar-refractivity contribution < 1.29 is 0 Å². The Morgan fingerprint density at radius 2 is 0.912 bits per heavy atom. The second kappa shape index (κ2) is 13.2. The van der Waals surface area contributed by atoms with Crippen LogP contribution in [0, 0.1) is 0 Å². The summed E-state index contributed by atoms with van der Waals surface area (Å²) in [6.07, 6.45) is 0. The van der Waals surface area contributed by atoms with Gasteiger partial charge in [-0.3, -0.25) is 0 Å². The minimum Gasteiger partial charge on any atom is -0.311 e. The smallest absolute Gasteiger partial charge is 0.0541 e. The predicted octanol–water partition coefficient (Wildman–Crippen LogP) is 15.2. The van der Waals surface area contributed by atoms with Gasteiger partial charge in [-0.1, -0.05) is 150 Å². The maximum Gasteiger partial charge on any atom is 0.0541 e. The number of hydrogen-bond acceptors (Lipinski definition) is 1. The van der Waals surface area contributed by atoms with Crippen LogP contribution >= 0.6 is 0 Å². The lowest BCUT2D eigenvalue weighted by Gasteiger charge is -2.25. The van der Waals surface area contributed by atoms with E-state index < -0.39 is 0 Å². The lowest BCUT2D eigenvalue weighted by atomic mass is 9.78. The number of hydrogen-bond donors (Lipinski definition) is 0. The average molecular weight is 735 g/mol. The van der Waals surface area contributed by atoms with Crippen molar-refractivity contribution in [1.82, 2.24) is 4.57 Å². The first-order valence-corrected chi connectivity index (χ1v) is 20.1. The van der Waals surface area contributed by atoms with E-state index in [1.165, 1.54) is 71.9 Å². The molecule has 0 atom stereocenters. The zero-order valence-electron chi connectivity index (χ0n) is 33.3. The van der Waals surface area contributed by atoms with Crippen LogP contribution in [-0.4, -0.2) is 4.57 Å². The van der Waals surface area contributed by atoms with Gasteiger partial charge in [0.1, 0.15) is 0 Å². The molecular formula is C55H46N2. The lowest BCUT2D eigenvalue weighted by Crippen LogP contribution is -2.17. The van der Waals surface area contributed by atoms with E-state index in [9.17, 15) is 0 Å². The van der Waals surface area contributed by atoms with E-state index in [0.29, 0.717) is 0 Å². The van der Waals surface area contributed by atoms with Crippen molar-refractivity contribution in [2.24, 2.45) is 0 Å². The van der Waals surface area contributed by atoms with Crippen LogP contribution in [0.15, 0.2) is 188 Å². The van der Waals surface area contributed by atoms with Crippen LogP contribution in [0.3, 0.4) is 0 Å². The maximum absolute atomic E-state index is 2.45. The highest BCUT2D eigenvalue weighted by atomic mass is 15.1. The summed E-state index contributed by atoms with van der Waals surface area (Å²) in [4.78, 5) is 2.30. The van der Waals surface area contributed by atoms with Crippen molar-refractivity contribution >= 4 is 38.9 Å². The number of benzene rings is 8. The normalized spacial score (nSPS) is 13.1. The molecule has 57 heavy (non-hydrogen) atoms. The first-order valence-electron chi connectivity index (χ1n) is 20.1. The van der Waals surface area contributed by atoms with Crippen LogP contribution in [-0.2, 0) is 10.8 Å². The molecule has 0 amide bonds. The van der Waals surface area contributed by atoms with Gasteiger partial charge in [-0.2, -0.15) is 0 Å². The molecule has 2 heteroatoms. The van der Waals surface area contributed by atoms with E-state index in [1.54, 1.807) is 0 Å². The first kappa shape index (κ1) is 34.8. The van der Waals surface area contributed by atoms with Gasteiger partial charge in [-0.05, 0) is 128 Å². The fraction of sp³-hybridized carbons (Fsp3) is 0.127. The third-order valence-electron chi connectivity index (χ3n) is 12.2. The molecule has 0 saturated heterocycles. The van der Waals surface area contributed by atoms with Crippen LogP contribution in [0.2, 0.25) is 0 Å². The Morgan fingerprint density at radius 1 is 0.421 bits per heavy atom. The minimum absolute atomic E-state index is 0.0591. The van der Waals surface area contributed by atoms with Crippen molar-refractivity contribution in [2.45, 2.75) is 45.4 Å². The quantitative estimate of drug-likeness (QED) is 0.165. The van der Waals surface area contributed by atoms with Gasteiger partial charge in [0.15, 0.2) is 0 Å². The largest absolute Gasteiger partial charge is 0.311 e. The second-order valence-corrected chi connectivity index (χ2v) is 17.1. The van der Waals surface area contributed by atoms with Gasteiger partial charge in [-0.25, -0.2) is 0 Å². The minimum atomic E-state index is -0.0591. The van der Waals surface area contributed by atoms with Crippen molar-refractivity contribution in [2.75, 3.05) is 4.90 Å². The zero-order valence-corrected chi connectivity index (χ0v) is 33.3. The van der Waals surface area contributed by atoms with Crippen LogP contribution in [0.5, 0.6) is 0 Å². The van der Waals surface area contributed by atoms with E-state index in [-0.39, 0.29) is 10.8 Å². The third kappa shape index (κ3) is 5.87. The number of aromatic nitrogens is 1. The number of rotatable bonds is 6. The lowest BCUT2D eigenvalue weighted by molar-refractivity contribution is 0.584. The topological polar surface area (TPSA) is 8.17 Å². The van der Waals surface area contributed by atoms with Gasteiger partial charge >= 0.3 is 0 Å². The number of nitrogens with zero attached hydrogens (tertiary/aromatic N) is 2. The molecule has 10 rings (SSSR count). The molecule has 0 aliphatic heterocycles. The summed E-state index contributed by atoms with van der Waals surface area (Å²) >= 11 is 0. The summed E-state index contributed by atoms with van der Waals surface area (Å²) in [7, 11) is 0. The molecule has 9 aromatic rings. The molecule has 1 heterocycles. The Balaban J connectivity index is 0.980. The van der Waals surface area contributed by atoms with Crippen LogP contribution in [0.4, 0.5) is 17.1 Å². The Hall–Kier alpha value is -6.64. The van der Waals surface area contributed by atoms with Crippen LogP contribution < -0.4 is 4.90 Å². The molecule has 0 N–H and O–H groups in total. The van der Waals surface area contributed by atoms with Crippen molar-refractivity contribution in [1.29, 1.82) is 0 Å². The number of para-hydroxylation sites is 3. The second-order valence-electron chi connectivity index (χ2n) is 17.1. The van der Waals surface area contributed by atoms with Gasteiger partial charge in [0.05, 0.1) is 11.0 Å². The summed E-state index contributed by atoms with van der Waals surface area (Å²) in [5, 5.41) is 2.51. The highest BCUT2D eigenvalue weighted by molar-refractivity contribution is 6.10. The molecule has 0 unspecified atom stereocenters. The molecule has 8 aromatic carbocycles. The monoisotopic (exact) mass is 734 g/mol. The number of fused-ring (bicyclic) bond motifs is 6. The van der Waals surface area contributed by atoms with Crippen LogP contribution in [0.25, 0.3) is 60.9 Å². The SMILES string of the molecule is CC(C)(C)c1ccc2c(c1)C(C)(C)c1cc(-c3ccc(-n4c5ccccc5c5cc(-c6ccc(N(c7ccccc7)c7ccccc7)cc6)ccc54)cc3)ccc1-2. The molecule has 0 fully saturated rings. The summed E-state index contributed by atoms with van der Waals surface area (Å²) in [6.45, 7) is 11.7. The van der Waals surface area contributed by atoms with Crippen molar-refractivity contribution in [3.63, 3.8) is 0 Å². The Morgan fingerprint density at radius 3 is 1.56 bits per heavy atom. The fourth-order valence-corrected chi connectivity index (χ4v) is 9.02. The Labute approximate surface area is 336 Å². The van der Waals surface area contributed by atoms with Crippen molar-refractivity contribution in [3.8, 4) is 39.1 Å². The summed E-state index contributed by atoms with van der Waals surface area (Å²) in [5.74, 6) is 0. The van der Waals surface area contributed by atoms with Gasteiger partial charge in [0, 0.05) is 38.9 Å². The highest BCUT2D eigenvalue weighted by Gasteiger charge is 2.36. The fourth-order valence-electron chi connectivity index (χ4n) is 9.02. The molecule has 1 aromatic heterocycles. The Kier molecular flexibility index (Phi) is 8.09. The third-order valence-corrected chi connectivity index (χ3v) is 12.2. The first-order chi connectivity index (χ1) is 27.6. The van der Waals surface area contributed by atoms with Crippen LogP contribution in [0.1, 0.15) is 51.3 Å². The summed E-state index contributed by atoms with van der Waals surface area (Å²) in [5.41, 5.74) is 18.9. The van der Waals surface area contributed by atoms with Gasteiger partial charge in [0.25, 0.3) is 0 Å². The van der Waals surface area contributed by atoms with E-state index in [0.717, 1.165) is 22.7 Å². The molecule has 276 valence electrons. The predicted molar refractivity (Wildman–Crippen MR) is 243 cm³/mol. The van der Waals surface area contributed by atoms with Gasteiger partial charge < -0.3 is 9.47 Å².